The van der Waals surface area contributed by atoms with Gasteiger partial charge in [-0.15, -0.1) is 6.42 Å². The Morgan fingerprint density at radius 1 is 1.47 bits per heavy atom. The lowest BCUT2D eigenvalue weighted by atomic mass is 9.94. The summed E-state index contributed by atoms with van der Waals surface area (Å²) in [5.74, 6) is 2.46. The Morgan fingerprint density at radius 3 is 2.80 bits per heavy atom. The Bertz CT molecular complexity index is 257. The minimum absolute atomic E-state index is 0.00234. The van der Waals surface area contributed by atoms with Crippen LogP contribution in [0.25, 0.3) is 0 Å². The van der Waals surface area contributed by atoms with Gasteiger partial charge in [0.1, 0.15) is 0 Å². The van der Waals surface area contributed by atoms with Gasteiger partial charge in [-0.2, -0.15) is 0 Å². The number of hydrogen-bond donors (Lipinski definition) is 2. The molecule has 1 aliphatic carbocycles. The lowest BCUT2D eigenvalue weighted by molar-refractivity contribution is -0.126. The molecule has 1 amide bonds. The number of nitrogens with two attached hydrogens (primary N) is 1. The fraction of sp³-hybridized carbons (Fsp3) is 0.750. The van der Waals surface area contributed by atoms with Crippen LogP contribution in [0.5, 0.6) is 0 Å². The lowest BCUT2D eigenvalue weighted by Crippen LogP contribution is -2.44. The zero-order valence-corrected chi connectivity index (χ0v) is 9.33. The molecular formula is C12H20N2O. The fourth-order valence-electron chi connectivity index (χ4n) is 2.02. The summed E-state index contributed by atoms with van der Waals surface area (Å²) in [5, 5.41) is 2.80. The van der Waals surface area contributed by atoms with E-state index in [1.807, 2.05) is 0 Å². The van der Waals surface area contributed by atoms with Crippen molar-refractivity contribution in [3.63, 3.8) is 0 Å². The third-order valence-electron chi connectivity index (χ3n) is 3.01. The molecule has 3 N–H and O–H groups in total. The van der Waals surface area contributed by atoms with E-state index in [9.17, 15) is 4.79 Å². The van der Waals surface area contributed by atoms with Gasteiger partial charge < -0.3 is 11.1 Å². The number of rotatable bonds is 2. The molecule has 1 aliphatic rings. The molecule has 0 aliphatic heterocycles. The first-order chi connectivity index (χ1) is 7.15. The van der Waals surface area contributed by atoms with Crippen LogP contribution in [0.1, 0.15) is 39.0 Å². The van der Waals surface area contributed by atoms with Crippen molar-refractivity contribution in [2.24, 2.45) is 11.7 Å². The standard InChI is InChI=1S/C12H20N2O/c1-3-9(2)14-12(15)10-7-5-4-6-8-11(10)13/h1,9-11H,4-8,13H2,2H3,(H,14,15). The van der Waals surface area contributed by atoms with Crippen molar-refractivity contribution in [2.75, 3.05) is 0 Å². The minimum atomic E-state index is -0.201. The molecule has 0 radical (unpaired) electrons. The second-order valence-corrected chi connectivity index (χ2v) is 4.31. The molecule has 1 rings (SSSR count). The van der Waals surface area contributed by atoms with Crippen molar-refractivity contribution >= 4 is 5.91 Å². The molecule has 3 unspecified atom stereocenters. The van der Waals surface area contributed by atoms with Crippen LogP contribution in [0.15, 0.2) is 0 Å². The maximum atomic E-state index is 11.8. The first kappa shape index (κ1) is 12.1. The number of amides is 1. The largest absolute Gasteiger partial charge is 0.342 e. The zero-order valence-electron chi connectivity index (χ0n) is 9.33. The van der Waals surface area contributed by atoms with Crippen LogP contribution in [-0.2, 0) is 4.79 Å². The van der Waals surface area contributed by atoms with Crippen LogP contribution in [0.3, 0.4) is 0 Å². The number of hydrogen-bond acceptors (Lipinski definition) is 2. The van der Waals surface area contributed by atoms with E-state index in [0.717, 1.165) is 25.7 Å². The summed E-state index contributed by atoms with van der Waals surface area (Å²) >= 11 is 0. The van der Waals surface area contributed by atoms with Crippen molar-refractivity contribution in [3.8, 4) is 12.3 Å². The Hall–Kier alpha value is -1.01. The topological polar surface area (TPSA) is 55.1 Å². The highest BCUT2D eigenvalue weighted by molar-refractivity contribution is 5.80. The summed E-state index contributed by atoms with van der Waals surface area (Å²) in [5.41, 5.74) is 5.98. The number of terminal acetylenes is 1. The molecule has 3 atom stereocenters. The summed E-state index contributed by atoms with van der Waals surface area (Å²) in [6.45, 7) is 1.81. The van der Waals surface area contributed by atoms with Gasteiger partial charge >= 0.3 is 0 Å². The van der Waals surface area contributed by atoms with Gasteiger partial charge in [-0.25, -0.2) is 0 Å². The van der Waals surface area contributed by atoms with E-state index in [1.165, 1.54) is 6.42 Å². The van der Waals surface area contributed by atoms with Crippen LogP contribution in [0.4, 0.5) is 0 Å². The Kier molecular flexibility index (Phi) is 4.64. The monoisotopic (exact) mass is 208 g/mol. The van der Waals surface area contributed by atoms with Gasteiger partial charge in [0.15, 0.2) is 0 Å². The highest BCUT2D eigenvalue weighted by Crippen LogP contribution is 2.22. The predicted octanol–water partition coefficient (Wildman–Crippen LogP) is 1.03. The smallest absolute Gasteiger partial charge is 0.225 e. The molecule has 1 saturated carbocycles. The third kappa shape index (κ3) is 3.56. The maximum absolute atomic E-state index is 11.8. The number of carbonyl (C=O) groups is 1. The Morgan fingerprint density at radius 2 is 2.13 bits per heavy atom. The fourth-order valence-corrected chi connectivity index (χ4v) is 2.02. The molecule has 3 nitrogen and oxygen atoms in total. The van der Waals surface area contributed by atoms with Crippen molar-refractivity contribution in [1.82, 2.24) is 5.32 Å². The summed E-state index contributed by atoms with van der Waals surface area (Å²) in [6, 6.07) is -0.203. The first-order valence-corrected chi connectivity index (χ1v) is 5.67. The number of carbonyl (C=O) groups excluding carboxylic acids is 1. The van der Waals surface area contributed by atoms with E-state index in [2.05, 4.69) is 11.2 Å². The molecular weight excluding hydrogens is 188 g/mol. The average Bonchev–Trinajstić information content (AvgIpc) is 2.42. The molecule has 0 saturated heterocycles. The highest BCUT2D eigenvalue weighted by Gasteiger charge is 2.27. The van der Waals surface area contributed by atoms with E-state index >= 15 is 0 Å². The maximum Gasteiger partial charge on any atom is 0.225 e. The normalized spacial score (nSPS) is 28.6. The van der Waals surface area contributed by atoms with Crippen LogP contribution >= 0.6 is 0 Å². The van der Waals surface area contributed by atoms with E-state index in [0.29, 0.717) is 0 Å². The van der Waals surface area contributed by atoms with Gasteiger partial charge in [0.2, 0.25) is 5.91 Å². The van der Waals surface area contributed by atoms with Gasteiger partial charge in [0.25, 0.3) is 0 Å². The van der Waals surface area contributed by atoms with Crippen molar-refractivity contribution in [2.45, 2.75) is 51.1 Å². The quantitative estimate of drug-likeness (QED) is 0.526. The molecule has 0 heterocycles. The molecule has 1 fully saturated rings. The van der Waals surface area contributed by atoms with Crippen LogP contribution in [0, 0.1) is 18.3 Å². The van der Waals surface area contributed by atoms with Crippen molar-refractivity contribution in [1.29, 1.82) is 0 Å². The number of nitrogens with one attached hydrogen (secondary N) is 1. The molecule has 0 aromatic carbocycles. The Labute approximate surface area is 91.8 Å². The van der Waals surface area contributed by atoms with Gasteiger partial charge in [0.05, 0.1) is 12.0 Å². The second-order valence-electron chi connectivity index (χ2n) is 4.31. The lowest BCUT2D eigenvalue weighted by Gasteiger charge is -2.21. The SMILES string of the molecule is C#CC(C)NC(=O)C1CCCCCC1N. The first-order valence-electron chi connectivity index (χ1n) is 5.67. The molecule has 3 heteroatoms. The van der Waals surface area contributed by atoms with E-state index in [4.69, 9.17) is 12.2 Å². The van der Waals surface area contributed by atoms with Gasteiger partial charge in [0, 0.05) is 6.04 Å². The summed E-state index contributed by atoms with van der Waals surface area (Å²) in [7, 11) is 0. The van der Waals surface area contributed by atoms with Crippen molar-refractivity contribution < 1.29 is 4.79 Å². The van der Waals surface area contributed by atoms with E-state index in [-0.39, 0.29) is 23.9 Å². The highest BCUT2D eigenvalue weighted by atomic mass is 16.2. The Balaban J connectivity index is 2.52. The minimum Gasteiger partial charge on any atom is -0.342 e. The van der Waals surface area contributed by atoms with Gasteiger partial charge in [-0.1, -0.05) is 25.2 Å². The van der Waals surface area contributed by atoms with Crippen LogP contribution < -0.4 is 11.1 Å². The van der Waals surface area contributed by atoms with Gasteiger partial charge in [-0.3, -0.25) is 4.79 Å². The second kappa shape index (κ2) is 5.77. The van der Waals surface area contributed by atoms with Crippen LogP contribution in [0.2, 0.25) is 0 Å². The van der Waals surface area contributed by atoms with E-state index in [1.54, 1.807) is 6.92 Å². The third-order valence-corrected chi connectivity index (χ3v) is 3.01. The van der Waals surface area contributed by atoms with E-state index < -0.39 is 0 Å². The molecule has 0 spiro atoms. The summed E-state index contributed by atoms with van der Waals surface area (Å²) < 4.78 is 0. The molecule has 0 aromatic heterocycles. The molecule has 0 aromatic rings. The van der Waals surface area contributed by atoms with Crippen LogP contribution in [-0.4, -0.2) is 18.0 Å². The summed E-state index contributed by atoms with van der Waals surface area (Å²) in [4.78, 5) is 11.8. The predicted molar refractivity (Wildman–Crippen MR) is 61.0 cm³/mol. The summed E-state index contributed by atoms with van der Waals surface area (Å²) in [6.07, 6.45) is 10.5. The molecule has 0 bridgehead atoms. The molecule has 84 valence electrons. The molecule has 15 heavy (non-hydrogen) atoms. The van der Waals surface area contributed by atoms with Gasteiger partial charge in [-0.05, 0) is 19.8 Å². The zero-order chi connectivity index (χ0) is 11.3. The van der Waals surface area contributed by atoms with Crippen molar-refractivity contribution in [3.05, 3.63) is 0 Å². The average molecular weight is 208 g/mol.